The largest absolute Gasteiger partial charge is 0.379 e. The molecule has 2 N–H and O–H groups in total. The Morgan fingerprint density at radius 3 is 2.52 bits per heavy atom. The quantitative estimate of drug-likeness (QED) is 0.517. The van der Waals surface area contributed by atoms with Gasteiger partial charge in [-0.25, -0.2) is 0 Å². The van der Waals surface area contributed by atoms with Crippen molar-refractivity contribution in [1.82, 2.24) is 20.4 Å². The number of likely N-dealkylation sites (tertiary alicyclic amines) is 1. The van der Waals surface area contributed by atoms with E-state index in [1.54, 1.807) is 0 Å². The molecule has 0 aromatic heterocycles. The lowest BCUT2D eigenvalue weighted by molar-refractivity contribution is 0.0323. The summed E-state index contributed by atoms with van der Waals surface area (Å²) in [7, 11) is 0. The first-order valence-corrected chi connectivity index (χ1v) is 11.3. The number of hydrogen-bond donors (Lipinski definition) is 2. The van der Waals surface area contributed by atoms with Crippen molar-refractivity contribution in [2.75, 3.05) is 59.0 Å². The van der Waals surface area contributed by atoms with Crippen molar-refractivity contribution in [1.29, 1.82) is 0 Å². The van der Waals surface area contributed by atoms with Crippen LogP contribution in [0, 0.1) is 5.92 Å². The number of guanidine groups is 1. The van der Waals surface area contributed by atoms with Crippen molar-refractivity contribution in [3.63, 3.8) is 0 Å². The molecule has 162 valence electrons. The van der Waals surface area contributed by atoms with E-state index in [0.717, 1.165) is 71.5 Å². The first-order chi connectivity index (χ1) is 14.2. The standard InChI is InChI=1S/C23H39N5O/c1-3-24-23(25-17-20(2)18-28-13-15-29-16-14-28)26-22-9-11-27(12-10-22)19-21-7-5-4-6-8-21/h4-8,20,22H,3,9-19H2,1-2H3,(H2,24,25,26). The van der Waals surface area contributed by atoms with Crippen LogP contribution < -0.4 is 10.6 Å². The monoisotopic (exact) mass is 401 g/mol. The number of benzene rings is 1. The van der Waals surface area contributed by atoms with E-state index in [0.29, 0.717) is 12.0 Å². The fraction of sp³-hybridized carbons (Fsp3) is 0.696. The molecule has 6 nitrogen and oxygen atoms in total. The van der Waals surface area contributed by atoms with Gasteiger partial charge in [0.25, 0.3) is 0 Å². The van der Waals surface area contributed by atoms with Gasteiger partial charge in [0.15, 0.2) is 5.96 Å². The number of piperidine rings is 1. The fourth-order valence-electron chi connectivity index (χ4n) is 4.12. The van der Waals surface area contributed by atoms with Gasteiger partial charge in [0, 0.05) is 58.4 Å². The van der Waals surface area contributed by atoms with Gasteiger partial charge in [0.2, 0.25) is 0 Å². The van der Waals surface area contributed by atoms with Crippen LogP contribution in [0.2, 0.25) is 0 Å². The number of nitrogens with zero attached hydrogens (tertiary/aromatic N) is 3. The summed E-state index contributed by atoms with van der Waals surface area (Å²) in [4.78, 5) is 9.93. The zero-order valence-corrected chi connectivity index (χ0v) is 18.3. The molecule has 2 heterocycles. The SMILES string of the molecule is CCNC(=NCC(C)CN1CCOCC1)NC1CCN(Cc2ccccc2)CC1. The van der Waals surface area contributed by atoms with Crippen molar-refractivity contribution >= 4 is 5.96 Å². The summed E-state index contributed by atoms with van der Waals surface area (Å²) in [5.74, 6) is 1.53. The second kappa shape index (κ2) is 12.2. The van der Waals surface area contributed by atoms with Crippen molar-refractivity contribution in [3.05, 3.63) is 35.9 Å². The summed E-state index contributed by atoms with van der Waals surface area (Å²) in [6.07, 6.45) is 2.33. The lowest BCUT2D eigenvalue weighted by Crippen LogP contribution is -2.48. The molecule has 2 aliphatic rings. The molecule has 29 heavy (non-hydrogen) atoms. The molecule has 1 aromatic carbocycles. The van der Waals surface area contributed by atoms with E-state index in [2.05, 4.69) is 64.6 Å². The second-order valence-corrected chi connectivity index (χ2v) is 8.42. The van der Waals surface area contributed by atoms with E-state index in [9.17, 15) is 0 Å². The van der Waals surface area contributed by atoms with E-state index in [-0.39, 0.29) is 0 Å². The third kappa shape index (κ3) is 7.96. The van der Waals surface area contributed by atoms with Crippen molar-refractivity contribution in [2.45, 2.75) is 39.3 Å². The summed E-state index contributed by atoms with van der Waals surface area (Å²) in [5, 5.41) is 7.11. The number of morpholine rings is 1. The van der Waals surface area contributed by atoms with Gasteiger partial charge in [-0.3, -0.25) is 14.8 Å². The first kappa shape index (κ1) is 22.1. The van der Waals surface area contributed by atoms with Gasteiger partial charge < -0.3 is 15.4 Å². The van der Waals surface area contributed by atoms with Gasteiger partial charge in [0.1, 0.15) is 0 Å². The van der Waals surface area contributed by atoms with Crippen LogP contribution in [0.3, 0.4) is 0 Å². The van der Waals surface area contributed by atoms with Crippen molar-refractivity contribution in [3.8, 4) is 0 Å². The summed E-state index contributed by atoms with van der Waals surface area (Å²) < 4.78 is 5.44. The predicted molar refractivity (Wildman–Crippen MR) is 120 cm³/mol. The van der Waals surface area contributed by atoms with Crippen LogP contribution >= 0.6 is 0 Å². The molecule has 0 amide bonds. The maximum Gasteiger partial charge on any atom is 0.191 e. The normalized spacial score (nSPS) is 21.1. The Labute approximate surface area is 176 Å². The zero-order chi connectivity index (χ0) is 20.3. The van der Waals surface area contributed by atoms with E-state index >= 15 is 0 Å². The maximum absolute atomic E-state index is 5.44. The van der Waals surface area contributed by atoms with Crippen LogP contribution in [0.15, 0.2) is 35.3 Å². The van der Waals surface area contributed by atoms with E-state index in [1.165, 1.54) is 18.4 Å². The minimum Gasteiger partial charge on any atom is -0.379 e. The first-order valence-electron chi connectivity index (χ1n) is 11.3. The third-order valence-electron chi connectivity index (χ3n) is 5.76. The molecular weight excluding hydrogens is 362 g/mol. The Morgan fingerprint density at radius 2 is 1.83 bits per heavy atom. The number of nitrogens with one attached hydrogen (secondary N) is 2. The molecular formula is C23H39N5O. The lowest BCUT2D eigenvalue weighted by atomic mass is 10.0. The Balaban J connectivity index is 1.40. The Bertz CT molecular complexity index is 595. The summed E-state index contributed by atoms with van der Waals surface area (Å²) in [6, 6.07) is 11.3. The van der Waals surface area contributed by atoms with Crippen LogP contribution in [0.25, 0.3) is 0 Å². The topological polar surface area (TPSA) is 52.1 Å². The Kier molecular flexibility index (Phi) is 9.25. The van der Waals surface area contributed by atoms with Gasteiger partial charge in [0.05, 0.1) is 13.2 Å². The molecule has 0 bridgehead atoms. The summed E-state index contributed by atoms with van der Waals surface area (Å²) >= 11 is 0. The average molecular weight is 402 g/mol. The molecule has 0 radical (unpaired) electrons. The molecule has 0 aliphatic carbocycles. The number of ether oxygens (including phenoxy) is 1. The average Bonchev–Trinajstić information content (AvgIpc) is 2.75. The highest BCUT2D eigenvalue weighted by Gasteiger charge is 2.20. The highest BCUT2D eigenvalue weighted by atomic mass is 16.5. The van der Waals surface area contributed by atoms with E-state index in [1.807, 2.05) is 0 Å². The van der Waals surface area contributed by atoms with Crippen LogP contribution in [-0.2, 0) is 11.3 Å². The van der Waals surface area contributed by atoms with Gasteiger partial charge in [-0.05, 0) is 31.2 Å². The van der Waals surface area contributed by atoms with Gasteiger partial charge in [-0.15, -0.1) is 0 Å². The molecule has 0 saturated carbocycles. The lowest BCUT2D eigenvalue weighted by Gasteiger charge is -2.33. The zero-order valence-electron chi connectivity index (χ0n) is 18.3. The van der Waals surface area contributed by atoms with Crippen molar-refractivity contribution in [2.24, 2.45) is 10.9 Å². The number of rotatable bonds is 8. The van der Waals surface area contributed by atoms with Crippen LogP contribution in [0.1, 0.15) is 32.3 Å². The van der Waals surface area contributed by atoms with Crippen LogP contribution in [-0.4, -0.2) is 80.8 Å². The molecule has 2 saturated heterocycles. The predicted octanol–water partition coefficient (Wildman–Crippen LogP) is 2.17. The van der Waals surface area contributed by atoms with Crippen molar-refractivity contribution < 1.29 is 4.74 Å². The number of hydrogen-bond acceptors (Lipinski definition) is 4. The smallest absolute Gasteiger partial charge is 0.191 e. The third-order valence-corrected chi connectivity index (χ3v) is 5.76. The molecule has 2 aliphatic heterocycles. The van der Waals surface area contributed by atoms with E-state index < -0.39 is 0 Å². The van der Waals surface area contributed by atoms with Crippen LogP contribution in [0.4, 0.5) is 0 Å². The molecule has 2 fully saturated rings. The highest BCUT2D eigenvalue weighted by Crippen LogP contribution is 2.14. The fourth-order valence-corrected chi connectivity index (χ4v) is 4.12. The second-order valence-electron chi connectivity index (χ2n) is 8.42. The van der Waals surface area contributed by atoms with E-state index in [4.69, 9.17) is 9.73 Å². The molecule has 1 atom stereocenters. The minimum atomic E-state index is 0.509. The summed E-state index contributed by atoms with van der Waals surface area (Å²) in [5.41, 5.74) is 1.41. The molecule has 6 heteroatoms. The molecule has 0 spiro atoms. The molecule has 1 unspecified atom stereocenters. The Morgan fingerprint density at radius 1 is 1.10 bits per heavy atom. The molecule has 1 aromatic rings. The minimum absolute atomic E-state index is 0.509. The van der Waals surface area contributed by atoms with Crippen LogP contribution in [0.5, 0.6) is 0 Å². The maximum atomic E-state index is 5.44. The molecule has 3 rings (SSSR count). The number of aliphatic imine (C=N–C) groups is 1. The Hall–Kier alpha value is -1.63. The van der Waals surface area contributed by atoms with Gasteiger partial charge in [-0.2, -0.15) is 0 Å². The summed E-state index contributed by atoms with van der Waals surface area (Å²) in [6.45, 7) is 14.5. The van der Waals surface area contributed by atoms with Gasteiger partial charge in [-0.1, -0.05) is 37.3 Å². The van der Waals surface area contributed by atoms with Gasteiger partial charge >= 0.3 is 0 Å². The highest BCUT2D eigenvalue weighted by molar-refractivity contribution is 5.80.